The highest BCUT2D eigenvalue weighted by molar-refractivity contribution is 5.23. The third kappa shape index (κ3) is 2.02. The molecule has 2 rings (SSSR count). The topological polar surface area (TPSA) is 111 Å². The minimum atomic E-state index is -1.81. The summed E-state index contributed by atoms with van der Waals surface area (Å²) in [6.07, 6.45) is -4.42. The Bertz CT molecular complexity index is 466. The fraction of sp³-hybridized carbons (Fsp3) is 0.556. The van der Waals surface area contributed by atoms with Crippen molar-refractivity contribution in [3.05, 3.63) is 22.7 Å². The van der Waals surface area contributed by atoms with E-state index in [9.17, 15) is 14.3 Å². The van der Waals surface area contributed by atoms with Crippen molar-refractivity contribution >= 4 is 5.82 Å². The van der Waals surface area contributed by atoms with E-state index < -0.39 is 36.9 Å². The normalized spacial score (nSPS) is 32.9. The predicted octanol–water partition coefficient (Wildman–Crippen LogP) is -1.59. The lowest BCUT2D eigenvalue weighted by Gasteiger charge is -2.15. The number of anilines is 1. The molecule has 0 saturated carbocycles. The summed E-state index contributed by atoms with van der Waals surface area (Å²) in [5.74, 6) is 0.0129. The van der Waals surface area contributed by atoms with Crippen LogP contribution < -0.4 is 11.4 Å². The molecule has 1 aromatic rings. The summed E-state index contributed by atoms with van der Waals surface area (Å²) in [7, 11) is 0. The second kappa shape index (κ2) is 4.40. The molecule has 1 fully saturated rings. The molecule has 0 spiro atoms. The van der Waals surface area contributed by atoms with Gasteiger partial charge in [-0.25, -0.2) is 9.18 Å². The maximum absolute atomic E-state index is 13.7. The quantitative estimate of drug-likeness (QED) is 0.579. The molecule has 2 heterocycles. The van der Waals surface area contributed by atoms with E-state index in [4.69, 9.17) is 15.6 Å². The second-order valence-corrected chi connectivity index (χ2v) is 3.72. The van der Waals surface area contributed by atoms with Gasteiger partial charge in [-0.2, -0.15) is 4.98 Å². The van der Waals surface area contributed by atoms with Crippen molar-refractivity contribution in [2.24, 2.45) is 0 Å². The molecule has 17 heavy (non-hydrogen) atoms. The summed E-state index contributed by atoms with van der Waals surface area (Å²) in [5.41, 5.74) is 4.52. The Morgan fingerprint density at radius 1 is 1.65 bits per heavy atom. The van der Waals surface area contributed by atoms with Gasteiger partial charge in [0.15, 0.2) is 12.4 Å². The molecule has 0 radical (unpaired) electrons. The predicted molar refractivity (Wildman–Crippen MR) is 54.8 cm³/mol. The van der Waals surface area contributed by atoms with Crippen molar-refractivity contribution in [2.75, 3.05) is 12.3 Å². The first kappa shape index (κ1) is 12.0. The number of halogens is 1. The number of hydrogen-bond acceptors (Lipinski definition) is 6. The number of nitrogens with zero attached hydrogens (tertiary/aromatic N) is 2. The number of aliphatic hydroxyl groups excluding tert-OH is 2. The van der Waals surface area contributed by atoms with Crippen LogP contribution in [-0.2, 0) is 4.74 Å². The molecule has 7 nitrogen and oxygen atoms in total. The highest BCUT2D eigenvalue weighted by Gasteiger charge is 2.45. The highest BCUT2D eigenvalue weighted by Crippen LogP contribution is 2.30. The number of hydrogen-bond donors (Lipinski definition) is 3. The Labute approximate surface area is 95.3 Å². The summed E-state index contributed by atoms with van der Waals surface area (Å²) in [4.78, 5) is 14.9. The maximum Gasteiger partial charge on any atom is 0.351 e. The molecule has 1 aliphatic rings. The van der Waals surface area contributed by atoms with E-state index in [2.05, 4.69) is 4.98 Å². The van der Waals surface area contributed by atoms with E-state index in [1.165, 1.54) is 12.3 Å². The van der Waals surface area contributed by atoms with Crippen LogP contribution in [0.25, 0.3) is 0 Å². The summed E-state index contributed by atoms with van der Waals surface area (Å²) in [6.45, 7) is -0.533. The Hall–Kier alpha value is -1.51. The minimum Gasteiger partial charge on any atom is -0.394 e. The van der Waals surface area contributed by atoms with Gasteiger partial charge >= 0.3 is 5.69 Å². The van der Waals surface area contributed by atoms with Crippen molar-refractivity contribution < 1.29 is 19.3 Å². The number of nitrogens with two attached hydrogens (primary N) is 1. The van der Waals surface area contributed by atoms with Gasteiger partial charge in [0.1, 0.15) is 18.0 Å². The molecule has 0 aliphatic carbocycles. The number of rotatable bonds is 2. The first-order chi connectivity index (χ1) is 8.04. The Balaban J connectivity index is 2.32. The standard InChI is InChI=1S/C9H12FN3O4/c10-6-7(15)4(3-14)17-8(6)13-2-1-5(11)12-9(13)16/h1-2,4,6-8,14-15H,3H2,(H2,11,12,16)/t4-,6-,7+,8-/m0/s1. The van der Waals surface area contributed by atoms with Crippen molar-refractivity contribution in [1.82, 2.24) is 9.55 Å². The summed E-state index contributed by atoms with van der Waals surface area (Å²) in [5, 5.41) is 18.3. The van der Waals surface area contributed by atoms with Gasteiger partial charge in [0.2, 0.25) is 0 Å². The van der Waals surface area contributed by atoms with Crippen molar-refractivity contribution in [1.29, 1.82) is 0 Å². The van der Waals surface area contributed by atoms with Crippen LogP contribution in [0.5, 0.6) is 0 Å². The zero-order valence-corrected chi connectivity index (χ0v) is 8.73. The molecule has 94 valence electrons. The number of ether oxygens (including phenoxy) is 1. The lowest BCUT2D eigenvalue weighted by Crippen LogP contribution is -2.33. The molecule has 1 aromatic heterocycles. The van der Waals surface area contributed by atoms with E-state index in [0.29, 0.717) is 0 Å². The summed E-state index contributed by atoms with van der Waals surface area (Å²) >= 11 is 0. The van der Waals surface area contributed by atoms with Crippen LogP contribution >= 0.6 is 0 Å². The number of aromatic nitrogens is 2. The molecule has 4 atom stereocenters. The molecule has 8 heteroatoms. The van der Waals surface area contributed by atoms with Crippen LogP contribution in [0.3, 0.4) is 0 Å². The number of aliphatic hydroxyl groups is 2. The zero-order chi connectivity index (χ0) is 12.6. The third-order valence-electron chi connectivity index (χ3n) is 2.60. The number of nitrogen functional groups attached to an aromatic ring is 1. The van der Waals surface area contributed by atoms with E-state index in [-0.39, 0.29) is 5.82 Å². The van der Waals surface area contributed by atoms with Gasteiger partial charge in [0, 0.05) is 6.20 Å². The van der Waals surface area contributed by atoms with Crippen LogP contribution in [0.2, 0.25) is 0 Å². The lowest BCUT2D eigenvalue weighted by atomic mass is 10.1. The Kier molecular flexibility index (Phi) is 3.09. The van der Waals surface area contributed by atoms with Gasteiger partial charge in [-0.15, -0.1) is 0 Å². The molecule has 0 bridgehead atoms. The number of alkyl halides is 1. The van der Waals surface area contributed by atoms with Gasteiger partial charge in [-0.1, -0.05) is 0 Å². The fourth-order valence-corrected chi connectivity index (χ4v) is 1.70. The highest BCUT2D eigenvalue weighted by atomic mass is 19.1. The molecule has 0 aromatic carbocycles. The fourth-order valence-electron chi connectivity index (χ4n) is 1.70. The summed E-state index contributed by atoms with van der Waals surface area (Å²) < 4.78 is 19.6. The van der Waals surface area contributed by atoms with E-state index in [1.807, 2.05) is 0 Å². The Morgan fingerprint density at radius 2 is 2.35 bits per heavy atom. The first-order valence-corrected chi connectivity index (χ1v) is 4.97. The lowest BCUT2D eigenvalue weighted by molar-refractivity contribution is -0.0490. The molecule has 0 unspecified atom stereocenters. The van der Waals surface area contributed by atoms with Gasteiger partial charge < -0.3 is 20.7 Å². The van der Waals surface area contributed by atoms with E-state index in [1.54, 1.807) is 0 Å². The largest absolute Gasteiger partial charge is 0.394 e. The average molecular weight is 245 g/mol. The smallest absolute Gasteiger partial charge is 0.351 e. The van der Waals surface area contributed by atoms with Crippen LogP contribution in [-0.4, -0.2) is 44.8 Å². The van der Waals surface area contributed by atoms with E-state index >= 15 is 0 Å². The van der Waals surface area contributed by atoms with E-state index in [0.717, 1.165) is 4.57 Å². The second-order valence-electron chi connectivity index (χ2n) is 3.72. The molecular formula is C9H12FN3O4. The Morgan fingerprint density at radius 3 is 2.88 bits per heavy atom. The van der Waals surface area contributed by atoms with Gasteiger partial charge in [0.05, 0.1) is 6.61 Å². The molecule has 1 saturated heterocycles. The van der Waals surface area contributed by atoms with Crippen LogP contribution in [0, 0.1) is 0 Å². The SMILES string of the molecule is Nc1ccn([C@H]2O[C@@H](CO)[C@@H](O)[C@@H]2F)c(=O)n1. The van der Waals surface area contributed by atoms with Crippen LogP contribution in [0.15, 0.2) is 17.1 Å². The van der Waals surface area contributed by atoms with Gasteiger partial charge in [-0.3, -0.25) is 4.57 Å². The molecule has 1 aliphatic heterocycles. The monoisotopic (exact) mass is 245 g/mol. The average Bonchev–Trinajstić information content (AvgIpc) is 2.57. The maximum atomic E-state index is 13.7. The van der Waals surface area contributed by atoms with Gasteiger partial charge in [0.25, 0.3) is 0 Å². The van der Waals surface area contributed by atoms with Crippen molar-refractivity contribution in [3.63, 3.8) is 0 Å². The van der Waals surface area contributed by atoms with Gasteiger partial charge in [-0.05, 0) is 6.07 Å². The van der Waals surface area contributed by atoms with Crippen LogP contribution in [0.4, 0.5) is 10.2 Å². The minimum absolute atomic E-state index is 0.0129. The third-order valence-corrected chi connectivity index (χ3v) is 2.60. The van der Waals surface area contributed by atoms with Crippen molar-refractivity contribution in [2.45, 2.75) is 24.6 Å². The molecule has 4 N–H and O–H groups in total. The first-order valence-electron chi connectivity index (χ1n) is 4.97. The van der Waals surface area contributed by atoms with Crippen molar-refractivity contribution in [3.8, 4) is 0 Å². The summed E-state index contributed by atoms with van der Waals surface area (Å²) in [6, 6.07) is 1.32. The molecular weight excluding hydrogens is 233 g/mol. The molecule has 0 amide bonds. The van der Waals surface area contributed by atoms with Crippen LogP contribution in [0.1, 0.15) is 6.23 Å². The zero-order valence-electron chi connectivity index (χ0n) is 8.73.